The third-order valence-electron chi connectivity index (χ3n) is 3.55. The quantitative estimate of drug-likeness (QED) is 0.875. The summed E-state index contributed by atoms with van der Waals surface area (Å²) in [4.78, 5) is 13.6. The molecule has 0 atom stereocenters. The van der Waals surface area contributed by atoms with E-state index in [0.29, 0.717) is 25.4 Å². The van der Waals surface area contributed by atoms with Gasteiger partial charge in [-0.3, -0.25) is 4.79 Å². The molecule has 0 aromatic heterocycles. The van der Waals surface area contributed by atoms with E-state index in [-0.39, 0.29) is 10.8 Å². The molecule has 1 amide bonds. The smallest absolute Gasteiger partial charge is 0.240 e. The fraction of sp³-hybridized carbons (Fsp3) is 0.533. The van der Waals surface area contributed by atoms with Crippen LogP contribution < -0.4 is 9.62 Å². The lowest BCUT2D eigenvalue weighted by Gasteiger charge is -2.16. The van der Waals surface area contributed by atoms with Crippen molar-refractivity contribution in [3.05, 3.63) is 24.3 Å². The van der Waals surface area contributed by atoms with E-state index in [2.05, 4.69) is 18.6 Å². The summed E-state index contributed by atoms with van der Waals surface area (Å²) in [5.74, 6) is 0.553. The monoisotopic (exact) mass is 310 g/mol. The lowest BCUT2D eigenvalue weighted by atomic mass is 10.1. The molecule has 6 heteroatoms. The number of hydrogen-bond acceptors (Lipinski definition) is 3. The highest BCUT2D eigenvalue weighted by Crippen LogP contribution is 2.22. The molecule has 21 heavy (non-hydrogen) atoms. The first-order valence-corrected chi connectivity index (χ1v) is 8.78. The third kappa shape index (κ3) is 4.04. The van der Waals surface area contributed by atoms with Crippen LogP contribution in [0, 0.1) is 5.92 Å². The van der Waals surface area contributed by atoms with Crippen molar-refractivity contribution >= 4 is 21.6 Å². The molecular formula is C15H22N2O3S. The van der Waals surface area contributed by atoms with Gasteiger partial charge < -0.3 is 4.90 Å². The topological polar surface area (TPSA) is 66.5 Å². The number of hydrogen-bond donors (Lipinski definition) is 1. The summed E-state index contributed by atoms with van der Waals surface area (Å²) in [6.07, 6.45) is 2.23. The van der Waals surface area contributed by atoms with Gasteiger partial charge in [-0.25, -0.2) is 13.1 Å². The number of benzene rings is 1. The van der Waals surface area contributed by atoms with Crippen molar-refractivity contribution in [3.8, 4) is 0 Å². The summed E-state index contributed by atoms with van der Waals surface area (Å²) in [7, 11) is -3.46. The molecule has 1 N–H and O–H groups in total. The van der Waals surface area contributed by atoms with Crippen LogP contribution in [0.2, 0.25) is 0 Å². The molecule has 1 fully saturated rings. The summed E-state index contributed by atoms with van der Waals surface area (Å²) in [5, 5.41) is 0. The van der Waals surface area contributed by atoms with Crippen LogP contribution in [0.4, 0.5) is 5.69 Å². The second-order valence-corrected chi connectivity index (χ2v) is 7.49. The van der Waals surface area contributed by atoms with E-state index < -0.39 is 10.0 Å². The van der Waals surface area contributed by atoms with Crippen molar-refractivity contribution in [2.45, 2.75) is 38.0 Å². The first kappa shape index (κ1) is 16.0. The highest BCUT2D eigenvalue weighted by Gasteiger charge is 2.22. The van der Waals surface area contributed by atoms with Crippen molar-refractivity contribution in [3.63, 3.8) is 0 Å². The van der Waals surface area contributed by atoms with Gasteiger partial charge in [0.2, 0.25) is 15.9 Å². The van der Waals surface area contributed by atoms with Crippen LogP contribution in [0.3, 0.4) is 0 Å². The average Bonchev–Trinajstić information content (AvgIpc) is 2.84. The maximum Gasteiger partial charge on any atom is 0.240 e. The second-order valence-electron chi connectivity index (χ2n) is 5.72. The van der Waals surface area contributed by atoms with Gasteiger partial charge in [-0.15, -0.1) is 0 Å². The number of anilines is 1. The molecule has 1 aliphatic heterocycles. The van der Waals surface area contributed by atoms with Gasteiger partial charge in [0.1, 0.15) is 0 Å². The Morgan fingerprint density at radius 2 is 1.90 bits per heavy atom. The van der Waals surface area contributed by atoms with Gasteiger partial charge in [0.15, 0.2) is 0 Å². The number of amides is 1. The van der Waals surface area contributed by atoms with Gasteiger partial charge in [-0.2, -0.15) is 0 Å². The fourth-order valence-electron chi connectivity index (χ4n) is 2.29. The molecule has 0 bridgehead atoms. The molecule has 116 valence electrons. The zero-order valence-corrected chi connectivity index (χ0v) is 13.3. The molecule has 0 unspecified atom stereocenters. The number of nitrogens with one attached hydrogen (secondary N) is 1. The van der Waals surface area contributed by atoms with Gasteiger partial charge in [0.05, 0.1) is 4.90 Å². The summed E-state index contributed by atoms with van der Waals surface area (Å²) in [6, 6.07) is 6.50. The summed E-state index contributed by atoms with van der Waals surface area (Å²) in [5.41, 5.74) is 0.763. The molecule has 0 aliphatic carbocycles. The number of carbonyl (C=O) groups excluding carboxylic acids is 1. The molecule has 0 spiro atoms. The number of carbonyl (C=O) groups is 1. The van der Waals surface area contributed by atoms with E-state index in [9.17, 15) is 13.2 Å². The Kier molecular flexibility index (Phi) is 5.00. The van der Waals surface area contributed by atoms with Gasteiger partial charge in [-0.1, -0.05) is 13.8 Å². The lowest BCUT2D eigenvalue weighted by molar-refractivity contribution is -0.117. The summed E-state index contributed by atoms with van der Waals surface area (Å²) < 4.78 is 26.8. The summed E-state index contributed by atoms with van der Waals surface area (Å²) >= 11 is 0. The molecule has 0 saturated carbocycles. The number of nitrogens with zero attached hydrogens (tertiary/aromatic N) is 1. The van der Waals surface area contributed by atoms with Crippen molar-refractivity contribution < 1.29 is 13.2 Å². The van der Waals surface area contributed by atoms with Crippen molar-refractivity contribution in [1.29, 1.82) is 0 Å². The van der Waals surface area contributed by atoms with Crippen LogP contribution >= 0.6 is 0 Å². The third-order valence-corrected chi connectivity index (χ3v) is 5.02. The number of rotatable bonds is 6. The Morgan fingerprint density at radius 3 is 2.43 bits per heavy atom. The van der Waals surface area contributed by atoms with Gasteiger partial charge in [0, 0.05) is 25.2 Å². The highest BCUT2D eigenvalue weighted by molar-refractivity contribution is 7.89. The van der Waals surface area contributed by atoms with E-state index in [4.69, 9.17) is 0 Å². The predicted molar refractivity (Wildman–Crippen MR) is 82.7 cm³/mol. The van der Waals surface area contributed by atoms with Crippen molar-refractivity contribution in [2.75, 3.05) is 18.0 Å². The Morgan fingerprint density at radius 1 is 1.24 bits per heavy atom. The first-order valence-electron chi connectivity index (χ1n) is 7.30. The van der Waals surface area contributed by atoms with Gasteiger partial charge in [-0.05, 0) is 43.0 Å². The highest BCUT2D eigenvalue weighted by atomic mass is 32.2. The normalized spacial score (nSPS) is 16.0. The molecule has 0 radical (unpaired) electrons. The zero-order valence-electron chi connectivity index (χ0n) is 12.5. The fourth-order valence-corrected chi connectivity index (χ4v) is 3.34. The molecule has 1 aromatic rings. The van der Waals surface area contributed by atoms with Crippen LogP contribution in [-0.4, -0.2) is 27.4 Å². The molecule has 2 rings (SSSR count). The first-order chi connectivity index (χ1) is 9.90. The Labute approximate surface area is 126 Å². The van der Waals surface area contributed by atoms with Crippen molar-refractivity contribution in [2.24, 2.45) is 5.92 Å². The molecule has 1 aliphatic rings. The minimum atomic E-state index is -3.46. The van der Waals surface area contributed by atoms with Gasteiger partial charge in [0.25, 0.3) is 0 Å². The van der Waals surface area contributed by atoms with Crippen LogP contribution in [0.15, 0.2) is 29.2 Å². The maximum atomic E-state index is 12.1. The van der Waals surface area contributed by atoms with Crippen LogP contribution in [0.25, 0.3) is 0 Å². The van der Waals surface area contributed by atoms with E-state index in [0.717, 1.165) is 18.5 Å². The molecular weight excluding hydrogens is 288 g/mol. The van der Waals surface area contributed by atoms with E-state index in [1.54, 1.807) is 29.2 Å². The molecule has 1 saturated heterocycles. The predicted octanol–water partition coefficient (Wildman–Crippen LogP) is 2.14. The van der Waals surface area contributed by atoms with Gasteiger partial charge >= 0.3 is 0 Å². The van der Waals surface area contributed by atoms with E-state index in [1.807, 2.05) is 0 Å². The van der Waals surface area contributed by atoms with E-state index >= 15 is 0 Å². The number of sulfonamides is 1. The van der Waals surface area contributed by atoms with Crippen LogP contribution in [0.5, 0.6) is 0 Å². The SMILES string of the molecule is CC(C)CCNS(=O)(=O)c1ccc(N2CCCC2=O)cc1. The maximum absolute atomic E-state index is 12.1. The van der Waals surface area contributed by atoms with Crippen LogP contribution in [-0.2, 0) is 14.8 Å². The average molecular weight is 310 g/mol. The second kappa shape index (κ2) is 6.58. The standard InChI is InChI=1S/C15H22N2O3S/c1-12(2)9-10-16-21(19,20)14-7-5-13(6-8-14)17-11-3-4-15(17)18/h5-8,12,16H,3-4,9-11H2,1-2H3. The van der Waals surface area contributed by atoms with E-state index in [1.165, 1.54) is 0 Å². The Hall–Kier alpha value is -1.40. The largest absolute Gasteiger partial charge is 0.312 e. The Bertz CT molecular complexity index is 594. The Balaban J connectivity index is 2.05. The minimum absolute atomic E-state index is 0.0978. The minimum Gasteiger partial charge on any atom is -0.312 e. The van der Waals surface area contributed by atoms with Crippen molar-refractivity contribution in [1.82, 2.24) is 4.72 Å². The zero-order chi connectivity index (χ0) is 15.5. The lowest BCUT2D eigenvalue weighted by Crippen LogP contribution is -2.26. The van der Waals surface area contributed by atoms with Crippen LogP contribution in [0.1, 0.15) is 33.1 Å². The molecule has 5 nitrogen and oxygen atoms in total. The molecule has 1 aromatic carbocycles. The molecule has 1 heterocycles. The summed E-state index contributed by atoms with van der Waals surface area (Å²) in [6.45, 7) is 5.25.